The highest BCUT2D eigenvalue weighted by atomic mass is 79.9. The summed E-state index contributed by atoms with van der Waals surface area (Å²) < 4.78 is 6.62. The zero-order chi connectivity index (χ0) is 12.0. The standard InChI is InChI=1S/C11H8Br2N2O2/c12-6-3-4-17-9(6)10-14-8(5-1-2-5)7(13)11(16)15-10/h3-5H,1-2H2,(H,14,15,16). The third-order valence-electron chi connectivity index (χ3n) is 2.68. The van der Waals surface area contributed by atoms with E-state index < -0.39 is 0 Å². The van der Waals surface area contributed by atoms with E-state index in [1.165, 1.54) is 0 Å². The summed E-state index contributed by atoms with van der Waals surface area (Å²) in [4.78, 5) is 19.0. The first kappa shape index (κ1) is 11.2. The quantitative estimate of drug-likeness (QED) is 0.893. The molecule has 1 N–H and O–H groups in total. The van der Waals surface area contributed by atoms with Crippen LogP contribution in [0.1, 0.15) is 24.5 Å². The van der Waals surface area contributed by atoms with Gasteiger partial charge in [0.2, 0.25) is 0 Å². The Morgan fingerprint density at radius 3 is 2.76 bits per heavy atom. The summed E-state index contributed by atoms with van der Waals surface area (Å²) >= 11 is 6.64. The molecule has 0 aromatic carbocycles. The van der Waals surface area contributed by atoms with Crippen LogP contribution in [0.2, 0.25) is 0 Å². The molecule has 0 spiro atoms. The molecule has 1 aliphatic rings. The van der Waals surface area contributed by atoms with Gasteiger partial charge in [-0.1, -0.05) is 0 Å². The van der Waals surface area contributed by atoms with Gasteiger partial charge in [0.1, 0.15) is 4.47 Å². The first-order valence-corrected chi connectivity index (χ1v) is 6.78. The molecule has 17 heavy (non-hydrogen) atoms. The number of aromatic nitrogens is 2. The zero-order valence-corrected chi connectivity index (χ0v) is 11.8. The fraction of sp³-hybridized carbons (Fsp3) is 0.273. The zero-order valence-electron chi connectivity index (χ0n) is 8.67. The molecule has 0 radical (unpaired) electrons. The van der Waals surface area contributed by atoms with Gasteiger partial charge < -0.3 is 9.40 Å². The summed E-state index contributed by atoms with van der Waals surface area (Å²) in [6.45, 7) is 0. The van der Waals surface area contributed by atoms with Gasteiger partial charge in [0, 0.05) is 5.92 Å². The second-order valence-corrected chi connectivity index (χ2v) is 5.63. The molecule has 2 heterocycles. The molecule has 1 fully saturated rings. The number of hydrogen-bond donors (Lipinski definition) is 1. The van der Waals surface area contributed by atoms with Crippen molar-refractivity contribution in [2.45, 2.75) is 18.8 Å². The Kier molecular flexibility index (Phi) is 2.71. The molecule has 88 valence electrons. The van der Waals surface area contributed by atoms with Crippen molar-refractivity contribution in [3.05, 3.63) is 37.3 Å². The summed E-state index contributed by atoms with van der Waals surface area (Å²) in [6, 6.07) is 1.77. The average molecular weight is 360 g/mol. The van der Waals surface area contributed by atoms with Crippen molar-refractivity contribution in [3.8, 4) is 11.6 Å². The summed E-state index contributed by atoms with van der Waals surface area (Å²) in [5.74, 6) is 1.42. The van der Waals surface area contributed by atoms with Crippen LogP contribution in [0.5, 0.6) is 0 Å². The number of rotatable bonds is 2. The van der Waals surface area contributed by atoms with E-state index in [2.05, 4.69) is 41.8 Å². The first-order valence-electron chi connectivity index (χ1n) is 5.20. The predicted octanol–water partition coefficient (Wildman–Crippen LogP) is 3.43. The molecule has 1 saturated carbocycles. The number of H-pyrrole nitrogens is 1. The molecule has 2 aromatic heterocycles. The Morgan fingerprint density at radius 2 is 2.18 bits per heavy atom. The monoisotopic (exact) mass is 358 g/mol. The highest BCUT2D eigenvalue weighted by Gasteiger charge is 2.29. The van der Waals surface area contributed by atoms with Crippen molar-refractivity contribution in [2.75, 3.05) is 0 Å². The molecule has 2 aromatic rings. The lowest BCUT2D eigenvalue weighted by atomic mass is 10.2. The smallest absolute Gasteiger partial charge is 0.265 e. The Hall–Kier alpha value is -0.880. The molecule has 0 amide bonds. The van der Waals surface area contributed by atoms with Crippen LogP contribution in [0.3, 0.4) is 0 Å². The number of nitrogens with one attached hydrogen (secondary N) is 1. The summed E-state index contributed by atoms with van der Waals surface area (Å²) in [5.41, 5.74) is 0.659. The van der Waals surface area contributed by atoms with E-state index in [0.717, 1.165) is 23.0 Å². The molecule has 0 saturated heterocycles. The lowest BCUT2D eigenvalue weighted by Crippen LogP contribution is -2.13. The van der Waals surface area contributed by atoms with E-state index in [0.29, 0.717) is 22.0 Å². The lowest BCUT2D eigenvalue weighted by Gasteiger charge is -2.04. The van der Waals surface area contributed by atoms with E-state index in [-0.39, 0.29) is 5.56 Å². The van der Waals surface area contributed by atoms with E-state index in [4.69, 9.17) is 4.42 Å². The second-order valence-electron chi connectivity index (χ2n) is 3.99. The van der Waals surface area contributed by atoms with Gasteiger partial charge in [0.25, 0.3) is 5.56 Å². The van der Waals surface area contributed by atoms with Gasteiger partial charge in [-0.25, -0.2) is 4.98 Å². The van der Waals surface area contributed by atoms with Gasteiger partial charge in [0.15, 0.2) is 11.6 Å². The van der Waals surface area contributed by atoms with Gasteiger partial charge >= 0.3 is 0 Å². The normalized spacial score (nSPS) is 15.2. The Balaban J connectivity index is 2.18. The molecule has 0 aliphatic heterocycles. The topological polar surface area (TPSA) is 58.9 Å². The Bertz CT molecular complexity index is 629. The van der Waals surface area contributed by atoms with Crippen molar-refractivity contribution >= 4 is 31.9 Å². The van der Waals surface area contributed by atoms with Crippen molar-refractivity contribution < 1.29 is 4.42 Å². The van der Waals surface area contributed by atoms with Crippen molar-refractivity contribution in [2.24, 2.45) is 0 Å². The van der Waals surface area contributed by atoms with Gasteiger partial charge in [0.05, 0.1) is 16.4 Å². The maximum absolute atomic E-state index is 11.8. The highest BCUT2D eigenvalue weighted by molar-refractivity contribution is 9.10. The number of halogens is 2. The van der Waals surface area contributed by atoms with Crippen LogP contribution in [0.25, 0.3) is 11.6 Å². The molecule has 3 rings (SSSR count). The van der Waals surface area contributed by atoms with Crippen LogP contribution in [0, 0.1) is 0 Å². The van der Waals surface area contributed by atoms with E-state index in [1.807, 2.05) is 0 Å². The summed E-state index contributed by atoms with van der Waals surface area (Å²) in [7, 11) is 0. The van der Waals surface area contributed by atoms with Gasteiger partial charge in [-0.3, -0.25) is 4.79 Å². The molecule has 6 heteroatoms. The van der Waals surface area contributed by atoms with Crippen LogP contribution in [0.15, 0.2) is 30.5 Å². The number of nitrogens with zero attached hydrogens (tertiary/aromatic N) is 1. The van der Waals surface area contributed by atoms with Crippen LogP contribution >= 0.6 is 31.9 Å². The molecule has 0 bridgehead atoms. The minimum atomic E-state index is -0.166. The largest absolute Gasteiger partial charge is 0.460 e. The third-order valence-corrected chi connectivity index (χ3v) is 4.08. The lowest BCUT2D eigenvalue weighted by molar-refractivity contribution is 0.575. The van der Waals surface area contributed by atoms with Crippen LogP contribution in [-0.4, -0.2) is 9.97 Å². The molecular weight excluding hydrogens is 352 g/mol. The van der Waals surface area contributed by atoms with Gasteiger partial charge in [-0.2, -0.15) is 0 Å². The van der Waals surface area contributed by atoms with Crippen LogP contribution in [-0.2, 0) is 0 Å². The van der Waals surface area contributed by atoms with Gasteiger partial charge in [-0.15, -0.1) is 0 Å². The molecular formula is C11H8Br2N2O2. The molecule has 0 atom stereocenters. The average Bonchev–Trinajstić information content (AvgIpc) is 3.05. The van der Waals surface area contributed by atoms with Gasteiger partial charge in [-0.05, 0) is 50.8 Å². The fourth-order valence-corrected chi connectivity index (χ4v) is 2.57. The Labute approximate surface area is 114 Å². The van der Waals surface area contributed by atoms with Crippen molar-refractivity contribution in [1.82, 2.24) is 9.97 Å². The van der Waals surface area contributed by atoms with Crippen molar-refractivity contribution in [1.29, 1.82) is 0 Å². The SMILES string of the molecule is O=c1[nH]c(-c2occc2Br)nc(C2CC2)c1Br. The van der Waals surface area contributed by atoms with E-state index in [9.17, 15) is 4.79 Å². The number of furan rings is 1. The first-order chi connectivity index (χ1) is 8.16. The van der Waals surface area contributed by atoms with Crippen LogP contribution in [0.4, 0.5) is 0 Å². The third kappa shape index (κ3) is 1.99. The number of hydrogen-bond acceptors (Lipinski definition) is 3. The number of aromatic amines is 1. The van der Waals surface area contributed by atoms with E-state index in [1.54, 1.807) is 12.3 Å². The maximum Gasteiger partial charge on any atom is 0.265 e. The minimum Gasteiger partial charge on any atom is -0.460 e. The highest BCUT2D eigenvalue weighted by Crippen LogP contribution is 2.41. The summed E-state index contributed by atoms with van der Waals surface area (Å²) in [6.07, 6.45) is 3.74. The predicted molar refractivity (Wildman–Crippen MR) is 69.9 cm³/mol. The minimum absolute atomic E-state index is 0.166. The second kappa shape index (κ2) is 4.10. The maximum atomic E-state index is 11.8. The fourth-order valence-electron chi connectivity index (χ4n) is 1.67. The van der Waals surface area contributed by atoms with E-state index >= 15 is 0 Å². The molecule has 0 unspecified atom stereocenters. The molecule has 4 nitrogen and oxygen atoms in total. The van der Waals surface area contributed by atoms with Crippen molar-refractivity contribution in [3.63, 3.8) is 0 Å². The van der Waals surface area contributed by atoms with Crippen LogP contribution < -0.4 is 5.56 Å². The summed E-state index contributed by atoms with van der Waals surface area (Å²) in [5, 5.41) is 0. The molecule has 1 aliphatic carbocycles. The Morgan fingerprint density at radius 1 is 1.41 bits per heavy atom.